The number of rotatable bonds is 4. The standard InChI is InChI=1S/C16H15ClO/c1-18-15-11-9-13(10-12-15)5-4-7-14-6-2-3-8-16(14)17/h2-6,8-12H,7H2,1H3. The van der Waals surface area contributed by atoms with Crippen molar-refractivity contribution in [2.75, 3.05) is 7.11 Å². The van der Waals surface area contributed by atoms with Gasteiger partial charge in [-0.1, -0.05) is 54.1 Å². The van der Waals surface area contributed by atoms with Crippen LogP contribution in [0.25, 0.3) is 6.08 Å². The van der Waals surface area contributed by atoms with Crippen molar-refractivity contribution in [3.8, 4) is 5.75 Å². The molecule has 0 heterocycles. The summed E-state index contributed by atoms with van der Waals surface area (Å²) in [6.45, 7) is 0. The first kappa shape index (κ1) is 12.7. The fourth-order valence-electron chi connectivity index (χ4n) is 1.70. The lowest BCUT2D eigenvalue weighted by atomic mass is 10.1. The molecule has 2 aromatic carbocycles. The molecule has 0 fully saturated rings. The summed E-state index contributed by atoms with van der Waals surface area (Å²) >= 11 is 6.10. The fourth-order valence-corrected chi connectivity index (χ4v) is 1.91. The van der Waals surface area contributed by atoms with Crippen molar-refractivity contribution < 1.29 is 4.74 Å². The highest BCUT2D eigenvalue weighted by Crippen LogP contribution is 2.17. The Balaban J connectivity index is 2.01. The second-order valence-electron chi connectivity index (χ2n) is 3.97. The third-order valence-corrected chi connectivity index (χ3v) is 3.09. The molecule has 1 nitrogen and oxygen atoms in total. The molecule has 0 radical (unpaired) electrons. The fraction of sp³-hybridized carbons (Fsp3) is 0.125. The van der Waals surface area contributed by atoms with Gasteiger partial charge in [0.1, 0.15) is 5.75 Å². The molecule has 0 aromatic heterocycles. The van der Waals surface area contributed by atoms with E-state index in [9.17, 15) is 0 Å². The van der Waals surface area contributed by atoms with Crippen LogP contribution in [0, 0.1) is 0 Å². The topological polar surface area (TPSA) is 9.23 Å². The molecule has 0 aliphatic carbocycles. The van der Waals surface area contributed by atoms with Gasteiger partial charge in [0.25, 0.3) is 0 Å². The molecule has 2 aromatic rings. The summed E-state index contributed by atoms with van der Waals surface area (Å²) in [4.78, 5) is 0. The van der Waals surface area contributed by atoms with Gasteiger partial charge in [0, 0.05) is 5.02 Å². The van der Waals surface area contributed by atoms with Gasteiger partial charge >= 0.3 is 0 Å². The summed E-state index contributed by atoms with van der Waals surface area (Å²) in [5.74, 6) is 0.873. The van der Waals surface area contributed by atoms with Crippen molar-refractivity contribution in [2.45, 2.75) is 6.42 Å². The van der Waals surface area contributed by atoms with E-state index in [1.54, 1.807) is 7.11 Å². The van der Waals surface area contributed by atoms with Crippen LogP contribution >= 0.6 is 11.6 Å². The van der Waals surface area contributed by atoms with Crippen LogP contribution in [0.5, 0.6) is 5.75 Å². The van der Waals surface area contributed by atoms with Crippen LogP contribution in [-0.4, -0.2) is 7.11 Å². The molecule has 0 saturated carbocycles. The summed E-state index contributed by atoms with van der Waals surface area (Å²) in [6, 6.07) is 15.9. The Bertz CT molecular complexity index is 529. The van der Waals surface area contributed by atoms with E-state index in [0.29, 0.717) is 0 Å². The Kier molecular flexibility index (Phi) is 4.43. The zero-order chi connectivity index (χ0) is 12.8. The molecule has 0 saturated heterocycles. The Morgan fingerprint density at radius 1 is 1.06 bits per heavy atom. The van der Waals surface area contributed by atoms with Gasteiger partial charge in [-0.25, -0.2) is 0 Å². The Morgan fingerprint density at radius 2 is 1.78 bits per heavy atom. The molecule has 0 aliphatic heterocycles. The van der Waals surface area contributed by atoms with Gasteiger partial charge in [-0.2, -0.15) is 0 Å². The van der Waals surface area contributed by atoms with E-state index >= 15 is 0 Å². The lowest BCUT2D eigenvalue weighted by molar-refractivity contribution is 0.415. The largest absolute Gasteiger partial charge is 0.497 e. The van der Waals surface area contributed by atoms with E-state index in [1.165, 1.54) is 0 Å². The number of ether oxygens (including phenoxy) is 1. The predicted molar refractivity (Wildman–Crippen MR) is 77.2 cm³/mol. The molecule has 2 heteroatoms. The summed E-state index contributed by atoms with van der Waals surface area (Å²) in [7, 11) is 1.67. The maximum atomic E-state index is 6.10. The van der Waals surface area contributed by atoms with E-state index in [2.05, 4.69) is 12.2 Å². The van der Waals surface area contributed by atoms with Gasteiger partial charge in [0.2, 0.25) is 0 Å². The number of benzene rings is 2. The van der Waals surface area contributed by atoms with Crippen LogP contribution in [0.3, 0.4) is 0 Å². The van der Waals surface area contributed by atoms with Gasteiger partial charge in [-0.05, 0) is 35.7 Å². The average Bonchev–Trinajstić information content (AvgIpc) is 2.42. The molecule has 0 N–H and O–H groups in total. The molecule has 0 spiro atoms. The van der Waals surface area contributed by atoms with E-state index < -0.39 is 0 Å². The van der Waals surface area contributed by atoms with E-state index in [1.807, 2.05) is 48.5 Å². The van der Waals surface area contributed by atoms with Crippen molar-refractivity contribution in [1.82, 2.24) is 0 Å². The second kappa shape index (κ2) is 6.27. The zero-order valence-corrected chi connectivity index (χ0v) is 11.0. The Labute approximate surface area is 113 Å². The highest BCUT2D eigenvalue weighted by atomic mass is 35.5. The van der Waals surface area contributed by atoms with Crippen molar-refractivity contribution in [3.63, 3.8) is 0 Å². The Morgan fingerprint density at radius 3 is 2.44 bits per heavy atom. The number of hydrogen-bond donors (Lipinski definition) is 0. The van der Waals surface area contributed by atoms with Gasteiger partial charge in [-0.3, -0.25) is 0 Å². The maximum Gasteiger partial charge on any atom is 0.118 e. The molecule has 0 aliphatic rings. The van der Waals surface area contributed by atoms with Crippen LogP contribution in [0.4, 0.5) is 0 Å². The first-order valence-corrected chi connectivity index (χ1v) is 6.21. The minimum absolute atomic E-state index is 0.817. The molecule has 18 heavy (non-hydrogen) atoms. The highest BCUT2D eigenvalue weighted by Gasteiger charge is 1.95. The number of allylic oxidation sites excluding steroid dienone is 1. The van der Waals surface area contributed by atoms with Crippen molar-refractivity contribution in [3.05, 3.63) is 70.8 Å². The summed E-state index contributed by atoms with van der Waals surface area (Å²) in [6.07, 6.45) is 5.04. The van der Waals surface area contributed by atoms with Gasteiger partial charge < -0.3 is 4.74 Å². The van der Waals surface area contributed by atoms with Crippen LogP contribution in [0.1, 0.15) is 11.1 Å². The van der Waals surface area contributed by atoms with Crippen LogP contribution in [0.15, 0.2) is 54.6 Å². The van der Waals surface area contributed by atoms with E-state index in [-0.39, 0.29) is 0 Å². The number of methoxy groups -OCH3 is 1. The first-order valence-electron chi connectivity index (χ1n) is 5.83. The second-order valence-corrected chi connectivity index (χ2v) is 4.38. The normalized spacial score (nSPS) is 10.8. The van der Waals surface area contributed by atoms with Crippen LogP contribution in [-0.2, 0) is 6.42 Å². The first-order chi connectivity index (χ1) is 8.79. The van der Waals surface area contributed by atoms with Crippen LogP contribution < -0.4 is 4.74 Å². The highest BCUT2D eigenvalue weighted by molar-refractivity contribution is 6.31. The zero-order valence-electron chi connectivity index (χ0n) is 10.3. The van der Waals surface area contributed by atoms with E-state index in [4.69, 9.17) is 16.3 Å². The number of hydrogen-bond acceptors (Lipinski definition) is 1. The molecule has 92 valence electrons. The summed E-state index contributed by atoms with van der Waals surface area (Å²) in [5, 5.41) is 0.817. The molecule has 0 bridgehead atoms. The molecular formula is C16H15ClO. The summed E-state index contributed by atoms with van der Waals surface area (Å²) in [5.41, 5.74) is 2.30. The SMILES string of the molecule is COc1ccc(C=CCc2ccccc2Cl)cc1. The molecule has 0 atom stereocenters. The quantitative estimate of drug-likeness (QED) is 0.779. The van der Waals surface area contributed by atoms with Gasteiger partial charge in [-0.15, -0.1) is 0 Å². The van der Waals surface area contributed by atoms with Gasteiger partial charge in [0.05, 0.1) is 7.11 Å². The van der Waals surface area contributed by atoms with Crippen LogP contribution in [0.2, 0.25) is 5.02 Å². The van der Waals surface area contributed by atoms with Crippen molar-refractivity contribution >= 4 is 17.7 Å². The maximum absolute atomic E-state index is 6.10. The third-order valence-electron chi connectivity index (χ3n) is 2.72. The molecule has 0 amide bonds. The third kappa shape index (κ3) is 3.38. The molecule has 0 unspecified atom stereocenters. The van der Waals surface area contributed by atoms with Gasteiger partial charge in [0.15, 0.2) is 0 Å². The smallest absolute Gasteiger partial charge is 0.118 e. The van der Waals surface area contributed by atoms with Crippen molar-refractivity contribution in [1.29, 1.82) is 0 Å². The lowest BCUT2D eigenvalue weighted by Crippen LogP contribution is -1.83. The molecular weight excluding hydrogens is 244 g/mol. The molecule has 2 rings (SSSR count). The minimum atomic E-state index is 0.817. The number of halogens is 1. The predicted octanol–water partition coefficient (Wildman–Crippen LogP) is 4.60. The summed E-state index contributed by atoms with van der Waals surface area (Å²) < 4.78 is 5.12. The Hall–Kier alpha value is -1.73. The monoisotopic (exact) mass is 258 g/mol. The minimum Gasteiger partial charge on any atom is -0.497 e. The average molecular weight is 259 g/mol. The van der Waals surface area contributed by atoms with E-state index in [0.717, 1.165) is 28.3 Å². The lowest BCUT2D eigenvalue weighted by Gasteiger charge is -2.00. The van der Waals surface area contributed by atoms with Crippen molar-refractivity contribution in [2.24, 2.45) is 0 Å².